The lowest BCUT2D eigenvalue weighted by Crippen LogP contribution is -2.34. The Morgan fingerprint density at radius 1 is 1.08 bits per heavy atom. The molecule has 2 aromatic rings. The third kappa shape index (κ3) is 5.81. The zero-order valence-electron chi connectivity index (χ0n) is 14.6. The van der Waals surface area contributed by atoms with Crippen LogP contribution in [0, 0.1) is 0 Å². The maximum atomic E-state index is 12.3. The molecule has 2 aromatic carbocycles. The zero-order chi connectivity index (χ0) is 17.7. The maximum absolute atomic E-state index is 12.3. The molecule has 4 N–H and O–H groups in total. The van der Waals surface area contributed by atoms with Gasteiger partial charge >= 0.3 is 0 Å². The Labute approximate surface area is 160 Å². The molecule has 25 heavy (non-hydrogen) atoms. The van der Waals surface area contributed by atoms with Gasteiger partial charge in [-0.3, -0.25) is 10.1 Å². The first-order valence-corrected chi connectivity index (χ1v) is 8.23. The molecule has 4 nitrogen and oxygen atoms in total. The van der Waals surface area contributed by atoms with Crippen molar-refractivity contribution in [2.75, 3.05) is 5.32 Å². The Morgan fingerprint density at radius 3 is 2.24 bits per heavy atom. The summed E-state index contributed by atoms with van der Waals surface area (Å²) in [5.41, 5.74) is 9.23. The first-order chi connectivity index (χ1) is 11.3. The van der Waals surface area contributed by atoms with E-state index in [1.807, 2.05) is 48.5 Å². The average Bonchev–Trinajstić information content (AvgIpc) is 2.54. The molecular weight excluding hydrogens is 354 g/mol. The highest BCUT2D eigenvalue weighted by atomic mass is 35.5. The van der Waals surface area contributed by atoms with Crippen LogP contribution in [0.5, 0.6) is 0 Å². The minimum absolute atomic E-state index is 0. The second kappa shape index (κ2) is 8.94. The number of thiocarbonyl (C=S) groups is 1. The van der Waals surface area contributed by atoms with Crippen molar-refractivity contribution in [2.24, 2.45) is 5.73 Å². The zero-order valence-corrected chi connectivity index (χ0v) is 16.3. The number of para-hydroxylation sites is 1. The van der Waals surface area contributed by atoms with E-state index in [1.165, 1.54) is 5.56 Å². The molecule has 0 aliphatic rings. The van der Waals surface area contributed by atoms with Gasteiger partial charge in [0.15, 0.2) is 5.11 Å². The lowest BCUT2D eigenvalue weighted by Gasteiger charge is -2.19. The summed E-state index contributed by atoms with van der Waals surface area (Å²) in [7, 11) is 0. The lowest BCUT2D eigenvalue weighted by atomic mass is 9.87. The normalized spacial score (nSPS) is 10.6. The SMILES string of the molecule is CC(C)(C)c1ccc(C(=O)NC(=S)Nc2ccccc2CN)cc1.Cl. The van der Waals surface area contributed by atoms with Gasteiger partial charge in [-0.05, 0) is 47.0 Å². The van der Waals surface area contributed by atoms with Crippen molar-refractivity contribution >= 4 is 41.3 Å². The maximum Gasteiger partial charge on any atom is 0.257 e. The van der Waals surface area contributed by atoms with Crippen molar-refractivity contribution in [1.82, 2.24) is 5.32 Å². The molecule has 0 radical (unpaired) electrons. The monoisotopic (exact) mass is 377 g/mol. The number of rotatable bonds is 3. The number of nitrogens with two attached hydrogens (primary N) is 1. The van der Waals surface area contributed by atoms with Crippen LogP contribution in [0.15, 0.2) is 48.5 Å². The van der Waals surface area contributed by atoms with Crippen molar-refractivity contribution in [1.29, 1.82) is 0 Å². The van der Waals surface area contributed by atoms with Gasteiger partial charge in [-0.25, -0.2) is 0 Å². The Balaban J connectivity index is 0.00000312. The highest BCUT2D eigenvalue weighted by Gasteiger charge is 2.15. The second-order valence-corrected chi connectivity index (χ2v) is 7.01. The smallest absolute Gasteiger partial charge is 0.257 e. The van der Waals surface area contributed by atoms with E-state index >= 15 is 0 Å². The molecule has 0 unspecified atom stereocenters. The highest BCUT2D eigenvalue weighted by Crippen LogP contribution is 2.22. The predicted octanol–water partition coefficient (Wildman–Crippen LogP) is 3.99. The summed E-state index contributed by atoms with van der Waals surface area (Å²) in [6, 6.07) is 15.1. The summed E-state index contributed by atoms with van der Waals surface area (Å²) < 4.78 is 0. The van der Waals surface area contributed by atoms with Gasteiger partial charge in [0, 0.05) is 17.8 Å². The molecule has 0 aliphatic heterocycles. The standard InChI is InChI=1S/C19H23N3OS.ClH/c1-19(2,3)15-10-8-13(9-11-15)17(23)22-18(24)21-16-7-5-4-6-14(16)12-20;/h4-11H,12,20H2,1-3H3,(H2,21,22,23,24);1H. The van der Waals surface area contributed by atoms with Crippen molar-refractivity contribution in [2.45, 2.75) is 32.7 Å². The lowest BCUT2D eigenvalue weighted by molar-refractivity contribution is 0.0977. The van der Waals surface area contributed by atoms with Gasteiger partial charge in [0.2, 0.25) is 0 Å². The van der Waals surface area contributed by atoms with Gasteiger partial charge in [-0.15, -0.1) is 12.4 Å². The average molecular weight is 378 g/mol. The fraction of sp³-hybridized carbons (Fsp3) is 0.263. The molecule has 0 heterocycles. The molecule has 0 spiro atoms. The molecule has 0 saturated heterocycles. The third-order valence-corrected chi connectivity index (χ3v) is 3.93. The van der Waals surface area contributed by atoms with E-state index < -0.39 is 0 Å². The molecule has 0 fully saturated rings. The van der Waals surface area contributed by atoms with E-state index in [-0.39, 0.29) is 28.8 Å². The van der Waals surface area contributed by atoms with E-state index in [2.05, 4.69) is 31.4 Å². The van der Waals surface area contributed by atoms with Crippen LogP contribution in [0.3, 0.4) is 0 Å². The van der Waals surface area contributed by atoms with Gasteiger partial charge in [0.1, 0.15) is 0 Å². The summed E-state index contributed by atoms with van der Waals surface area (Å²) >= 11 is 5.22. The van der Waals surface area contributed by atoms with Crippen molar-refractivity contribution < 1.29 is 4.79 Å². The number of nitrogens with one attached hydrogen (secondary N) is 2. The number of hydrogen-bond donors (Lipinski definition) is 3. The van der Waals surface area contributed by atoms with E-state index in [4.69, 9.17) is 18.0 Å². The van der Waals surface area contributed by atoms with Crippen LogP contribution in [0.2, 0.25) is 0 Å². The molecule has 0 aromatic heterocycles. The fourth-order valence-electron chi connectivity index (χ4n) is 2.27. The molecule has 0 saturated carbocycles. The first kappa shape index (κ1) is 21.1. The predicted molar refractivity (Wildman–Crippen MR) is 110 cm³/mol. The van der Waals surface area contributed by atoms with Crippen LogP contribution in [-0.4, -0.2) is 11.0 Å². The van der Waals surface area contributed by atoms with Gasteiger partial charge in [0.25, 0.3) is 5.91 Å². The molecule has 0 atom stereocenters. The largest absolute Gasteiger partial charge is 0.332 e. The van der Waals surface area contributed by atoms with Crippen LogP contribution in [0.1, 0.15) is 42.3 Å². The Morgan fingerprint density at radius 2 is 1.68 bits per heavy atom. The molecule has 0 aliphatic carbocycles. The number of benzene rings is 2. The van der Waals surface area contributed by atoms with Crippen LogP contribution in [0.25, 0.3) is 0 Å². The molecule has 134 valence electrons. The van der Waals surface area contributed by atoms with Crippen LogP contribution in [-0.2, 0) is 12.0 Å². The summed E-state index contributed by atoms with van der Waals surface area (Å²) in [4.78, 5) is 12.3. The van der Waals surface area contributed by atoms with Crippen molar-refractivity contribution in [3.05, 3.63) is 65.2 Å². The number of amides is 1. The van der Waals surface area contributed by atoms with Crippen molar-refractivity contribution in [3.8, 4) is 0 Å². The van der Waals surface area contributed by atoms with Crippen LogP contribution >= 0.6 is 24.6 Å². The van der Waals surface area contributed by atoms with Crippen molar-refractivity contribution in [3.63, 3.8) is 0 Å². The molecule has 2 rings (SSSR count). The van der Waals surface area contributed by atoms with Gasteiger partial charge in [-0.1, -0.05) is 51.1 Å². The van der Waals surface area contributed by atoms with Gasteiger partial charge in [0.05, 0.1) is 0 Å². The summed E-state index contributed by atoms with van der Waals surface area (Å²) in [5.74, 6) is -0.238. The minimum atomic E-state index is -0.238. The molecule has 1 amide bonds. The number of carbonyl (C=O) groups is 1. The number of carbonyl (C=O) groups excluding carboxylic acids is 1. The topological polar surface area (TPSA) is 67.2 Å². The quantitative estimate of drug-likeness (QED) is 0.707. The highest BCUT2D eigenvalue weighted by molar-refractivity contribution is 7.80. The van der Waals surface area contributed by atoms with E-state index in [0.717, 1.165) is 11.3 Å². The first-order valence-electron chi connectivity index (χ1n) is 7.82. The van der Waals surface area contributed by atoms with Gasteiger partial charge in [-0.2, -0.15) is 0 Å². The van der Waals surface area contributed by atoms with E-state index in [1.54, 1.807) is 0 Å². The number of anilines is 1. The minimum Gasteiger partial charge on any atom is -0.332 e. The van der Waals surface area contributed by atoms with E-state index in [0.29, 0.717) is 12.1 Å². The number of hydrogen-bond acceptors (Lipinski definition) is 3. The summed E-state index contributed by atoms with van der Waals surface area (Å²) in [6.07, 6.45) is 0. The molecule has 6 heteroatoms. The van der Waals surface area contributed by atoms with Crippen LogP contribution in [0.4, 0.5) is 5.69 Å². The third-order valence-electron chi connectivity index (χ3n) is 3.73. The Bertz CT molecular complexity index is 739. The Kier molecular flexibility index (Phi) is 7.55. The Hall–Kier alpha value is -1.95. The molecular formula is C19H24ClN3OS. The van der Waals surface area contributed by atoms with Crippen LogP contribution < -0.4 is 16.4 Å². The second-order valence-electron chi connectivity index (χ2n) is 6.60. The molecule has 0 bridgehead atoms. The summed E-state index contributed by atoms with van der Waals surface area (Å²) in [5, 5.41) is 5.96. The summed E-state index contributed by atoms with van der Waals surface area (Å²) in [6.45, 7) is 6.80. The van der Waals surface area contributed by atoms with Gasteiger partial charge < -0.3 is 11.1 Å². The number of halogens is 1. The van der Waals surface area contributed by atoms with E-state index in [9.17, 15) is 4.79 Å². The fourth-order valence-corrected chi connectivity index (χ4v) is 2.47.